The van der Waals surface area contributed by atoms with Gasteiger partial charge in [-0.2, -0.15) is 4.98 Å². The summed E-state index contributed by atoms with van der Waals surface area (Å²) in [6.07, 6.45) is 6.23. The molecule has 5 rings (SSSR count). The van der Waals surface area contributed by atoms with E-state index >= 15 is 0 Å². The number of anilines is 5. The van der Waals surface area contributed by atoms with E-state index in [1.165, 1.54) is 51.0 Å². The molecule has 0 unspecified atom stereocenters. The van der Waals surface area contributed by atoms with E-state index in [1.807, 2.05) is 12.1 Å². The molecule has 2 aliphatic rings. The number of para-hydroxylation sites is 1. The predicted molar refractivity (Wildman–Crippen MR) is 140 cm³/mol. The Balaban J connectivity index is 1.29. The van der Waals surface area contributed by atoms with E-state index in [0.717, 1.165) is 24.5 Å². The van der Waals surface area contributed by atoms with Gasteiger partial charge in [-0.15, -0.1) is 0 Å². The average Bonchev–Trinajstić information content (AvgIpc) is 2.84. The summed E-state index contributed by atoms with van der Waals surface area (Å²) in [5.74, 6) is 1.23. The third-order valence-electron chi connectivity index (χ3n) is 6.77. The lowest BCUT2D eigenvalue weighted by Gasteiger charge is -2.43. The zero-order valence-electron chi connectivity index (χ0n) is 20.5. The molecule has 2 aliphatic heterocycles. The van der Waals surface area contributed by atoms with Crippen LogP contribution in [0.2, 0.25) is 0 Å². The van der Waals surface area contributed by atoms with Gasteiger partial charge in [0.1, 0.15) is 12.1 Å². The molecule has 0 radical (unpaired) electrons. The van der Waals surface area contributed by atoms with E-state index in [4.69, 9.17) is 4.74 Å². The van der Waals surface area contributed by atoms with Crippen molar-refractivity contribution < 1.29 is 13.2 Å². The average molecular weight is 510 g/mol. The molecule has 11 heteroatoms. The maximum Gasteiger partial charge on any atom is 0.232 e. The van der Waals surface area contributed by atoms with Crippen LogP contribution in [0.4, 0.5) is 29.0 Å². The fourth-order valence-corrected chi connectivity index (χ4v) is 5.57. The van der Waals surface area contributed by atoms with Crippen molar-refractivity contribution in [1.29, 1.82) is 0 Å². The molecule has 2 fully saturated rings. The van der Waals surface area contributed by atoms with Gasteiger partial charge in [-0.05, 0) is 56.6 Å². The third-order valence-corrected chi connectivity index (χ3v) is 7.93. The zero-order chi connectivity index (χ0) is 25.1. The van der Waals surface area contributed by atoms with Crippen LogP contribution in [0, 0.1) is 0 Å². The number of benzene rings is 2. The number of hydrogen-bond donors (Lipinski definition) is 2. The molecule has 0 atom stereocenters. The van der Waals surface area contributed by atoms with Crippen molar-refractivity contribution >= 4 is 38.8 Å². The monoisotopic (exact) mass is 509 g/mol. The summed E-state index contributed by atoms with van der Waals surface area (Å²) in [6, 6.07) is 13.4. The molecule has 1 aromatic heterocycles. The molecule has 2 aromatic carbocycles. The number of aromatic nitrogens is 3. The highest BCUT2D eigenvalue weighted by Gasteiger charge is 2.28. The number of methoxy groups -OCH3 is 1. The summed E-state index contributed by atoms with van der Waals surface area (Å²) < 4.78 is 29.9. The Bertz CT molecular complexity index is 1320. The van der Waals surface area contributed by atoms with Crippen molar-refractivity contribution in [2.24, 2.45) is 0 Å². The van der Waals surface area contributed by atoms with Crippen LogP contribution < -0.4 is 20.3 Å². The molecular formula is C25H31N7O3S. The third kappa shape index (κ3) is 5.36. The Labute approximate surface area is 211 Å². The first-order valence-corrected chi connectivity index (χ1v) is 14.0. The van der Waals surface area contributed by atoms with Gasteiger partial charge in [-0.25, -0.2) is 18.4 Å². The summed E-state index contributed by atoms with van der Waals surface area (Å²) in [5.41, 5.74) is 2.26. The highest BCUT2D eigenvalue weighted by molar-refractivity contribution is 7.90. The van der Waals surface area contributed by atoms with Gasteiger partial charge in [0.05, 0.1) is 23.4 Å². The molecule has 0 amide bonds. The number of nitrogens with one attached hydrogen (secondary N) is 2. The van der Waals surface area contributed by atoms with Gasteiger partial charge in [-0.1, -0.05) is 12.1 Å². The minimum absolute atomic E-state index is 0.172. The van der Waals surface area contributed by atoms with E-state index in [2.05, 4.69) is 41.5 Å². The Kier molecular flexibility index (Phi) is 6.92. The number of ether oxygens (including phenoxy) is 1. The van der Waals surface area contributed by atoms with Gasteiger partial charge in [0.25, 0.3) is 0 Å². The summed E-state index contributed by atoms with van der Waals surface area (Å²) >= 11 is 0. The van der Waals surface area contributed by atoms with Crippen LogP contribution in [-0.4, -0.2) is 73.9 Å². The molecule has 0 aliphatic carbocycles. The fourth-order valence-electron chi connectivity index (χ4n) is 4.73. The second kappa shape index (κ2) is 10.3. The van der Waals surface area contributed by atoms with E-state index < -0.39 is 9.84 Å². The second-order valence-corrected chi connectivity index (χ2v) is 11.1. The molecule has 2 N–H and O–H groups in total. The molecule has 0 bridgehead atoms. The first-order chi connectivity index (χ1) is 17.4. The number of sulfone groups is 1. The van der Waals surface area contributed by atoms with Crippen molar-refractivity contribution in [2.75, 3.05) is 55.1 Å². The lowest BCUT2D eigenvalue weighted by molar-refractivity contribution is 0.100. The minimum atomic E-state index is -3.41. The van der Waals surface area contributed by atoms with Gasteiger partial charge in [0, 0.05) is 37.1 Å². The number of likely N-dealkylation sites (tertiary alicyclic amines) is 1. The normalized spacial score (nSPS) is 16.9. The van der Waals surface area contributed by atoms with Crippen LogP contribution >= 0.6 is 0 Å². The Morgan fingerprint density at radius 1 is 0.944 bits per heavy atom. The molecular weight excluding hydrogens is 478 g/mol. The van der Waals surface area contributed by atoms with Crippen molar-refractivity contribution in [3.05, 3.63) is 48.8 Å². The van der Waals surface area contributed by atoms with Crippen molar-refractivity contribution in [2.45, 2.75) is 30.2 Å². The lowest BCUT2D eigenvalue weighted by Crippen LogP contribution is -2.50. The Hall–Kier alpha value is -3.44. The molecule has 10 nitrogen and oxygen atoms in total. The van der Waals surface area contributed by atoms with Gasteiger partial charge < -0.3 is 25.2 Å². The number of piperidine rings is 1. The molecule has 190 valence electrons. The van der Waals surface area contributed by atoms with Crippen molar-refractivity contribution in [3.8, 4) is 5.75 Å². The fraction of sp³-hybridized carbons (Fsp3) is 0.400. The van der Waals surface area contributed by atoms with Gasteiger partial charge in [0.15, 0.2) is 9.84 Å². The predicted octanol–water partition coefficient (Wildman–Crippen LogP) is 3.45. The topological polar surface area (TPSA) is 113 Å². The van der Waals surface area contributed by atoms with Crippen LogP contribution in [0.3, 0.4) is 0 Å². The van der Waals surface area contributed by atoms with Gasteiger partial charge in [-0.3, -0.25) is 0 Å². The van der Waals surface area contributed by atoms with Crippen molar-refractivity contribution in [1.82, 2.24) is 19.9 Å². The van der Waals surface area contributed by atoms with Crippen LogP contribution in [-0.2, 0) is 9.84 Å². The largest absolute Gasteiger partial charge is 0.494 e. The van der Waals surface area contributed by atoms with Gasteiger partial charge in [0.2, 0.25) is 11.9 Å². The highest BCUT2D eigenvalue weighted by atomic mass is 32.2. The first-order valence-electron chi connectivity index (χ1n) is 12.1. The summed E-state index contributed by atoms with van der Waals surface area (Å²) in [5, 5.41) is 6.17. The van der Waals surface area contributed by atoms with Crippen LogP contribution in [0.15, 0.2) is 53.7 Å². The maximum absolute atomic E-state index is 12.1. The van der Waals surface area contributed by atoms with E-state index in [0.29, 0.717) is 23.4 Å². The van der Waals surface area contributed by atoms with Gasteiger partial charge >= 0.3 is 0 Å². The summed E-state index contributed by atoms with van der Waals surface area (Å²) in [6.45, 7) is 4.57. The minimum Gasteiger partial charge on any atom is -0.494 e. The summed E-state index contributed by atoms with van der Waals surface area (Å²) in [7, 11) is -1.77. The molecule has 0 saturated carbocycles. The second-order valence-electron chi connectivity index (χ2n) is 9.14. The van der Waals surface area contributed by atoms with Crippen LogP contribution in [0.5, 0.6) is 5.75 Å². The Morgan fingerprint density at radius 2 is 1.64 bits per heavy atom. The number of rotatable bonds is 8. The lowest BCUT2D eigenvalue weighted by atomic mass is 9.99. The van der Waals surface area contributed by atoms with E-state index in [-0.39, 0.29) is 10.8 Å². The molecule has 3 aromatic rings. The SMILES string of the molecule is COc1cc(N2CCC(N3CCC3)CC2)ccc1Nc1ncnc(Nc2ccccc2S(C)(=O)=O)n1. The van der Waals surface area contributed by atoms with Crippen molar-refractivity contribution in [3.63, 3.8) is 0 Å². The van der Waals surface area contributed by atoms with Crippen LogP contribution in [0.25, 0.3) is 0 Å². The zero-order valence-corrected chi connectivity index (χ0v) is 21.3. The van der Waals surface area contributed by atoms with E-state index in [1.54, 1.807) is 25.3 Å². The molecule has 0 spiro atoms. The highest BCUT2D eigenvalue weighted by Crippen LogP contribution is 2.33. The smallest absolute Gasteiger partial charge is 0.232 e. The first kappa shape index (κ1) is 24.3. The number of hydrogen-bond acceptors (Lipinski definition) is 10. The van der Waals surface area contributed by atoms with E-state index in [9.17, 15) is 8.42 Å². The molecule has 36 heavy (non-hydrogen) atoms. The standard InChI is InChI=1S/C25H31N7O3S/c1-35-22-16-19(32-14-10-18(11-15-32)31-12-5-13-31)8-9-20(22)28-24-26-17-27-25(30-24)29-21-6-3-4-7-23(21)36(2,33)34/h3-4,6-9,16-18H,5,10-15H2,1-2H3,(H2,26,27,28,29,30). The van der Waals surface area contributed by atoms with Crippen LogP contribution in [0.1, 0.15) is 19.3 Å². The maximum atomic E-state index is 12.1. The number of nitrogens with zero attached hydrogens (tertiary/aromatic N) is 5. The quantitative estimate of drug-likeness (QED) is 0.468. The molecule has 2 saturated heterocycles. The Morgan fingerprint density at radius 3 is 2.28 bits per heavy atom. The summed E-state index contributed by atoms with van der Waals surface area (Å²) in [4.78, 5) is 17.9. The molecule has 3 heterocycles.